The van der Waals surface area contributed by atoms with Gasteiger partial charge in [0, 0.05) is 13.1 Å². The topological polar surface area (TPSA) is 72.3 Å². The van der Waals surface area contributed by atoms with Gasteiger partial charge in [-0.05, 0) is 13.0 Å². The van der Waals surface area contributed by atoms with Crippen molar-refractivity contribution < 1.29 is 4.79 Å². The van der Waals surface area contributed by atoms with Crippen LogP contribution in [0.3, 0.4) is 0 Å². The molecule has 0 spiro atoms. The van der Waals surface area contributed by atoms with Crippen LogP contribution in [0.5, 0.6) is 0 Å². The lowest BCUT2D eigenvalue weighted by molar-refractivity contribution is -0.119. The Labute approximate surface area is 67.5 Å². The molecule has 0 aliphatic carbocycles. The zero-order valence-corrected chi connectivity index (χ0v) is 7.05. The number of nitrogens with zero attached hydrogens (tertiary/aromatic N) is 1. The van der Waals surface area contributed by atoms with Crippen LogP contribution in [-0.4, -0.2) is 37.0 Å². The van der Waals surface area contributed by atoms with Gasteiger partial charge in [-0.3, -0.25) is 9.69 Å². The highest BCUT2D eigenvalue weighted by Gasteiger charge is 2.04. The largest absolute Gasteiger partial charge is 0.369 e. The molecule has 0 atom stereocenters. The molecule has 0 aromatic heterocycles. The Morgan fingerprint density at radius 1 is 1.45 bits per heavy atom. The minimum Gasteiger partial charge on any atom is -0.369 e. The second kappa shape index (κ2) is 6.12. The van der Waals surface area contributed by atoms with Gasteiger partial charge in [0.15, 0.2) is 0 Å². The molecule has 0 aromatic rings. The van der Waals surface area contributed by atoms with Gasteiger partial charge in [0.1, 0.15) is 0 Å². The Balaban J connectivity index is 3.59. The third-order valence-corrected chi connectivity index (χ3v) is 1.36. The highest BCUT2D eigenvalue weighted by Crippen LogP contribution is 1.88. The molecule has 0 rings (SSSR count). The second-order valence-corrected chi connectivity index (χ2v) is 2.53. The van der Waals surface area contributed by atoms with Crippen LogP contribution in [0.2, 0.25) is 0 Å². The quantitative estimate of drug-likeness (QED) is 0.530. The summed E-state index contributed by atoms with van der Waals surface area (Å²) >= 11 is 0. The Hall–Kier alpha value is -0.610. The Morgan fingerprint density at radius 3 is 2.45 bits per heavy atom. The van der Waals surface area contributed by atoms with Gasteiger partial charge in [-0.15, -0.1) is 0 Å². The fourth-order valence-electron chi connectivity index (χ4n) is 0.989. The Bertz CT molecular complexity index is 110. The van der Waals surface area contributed by atoms with Gasteiger partial charge in [0.2, 0.25) is 5.91 Å². The molecular formula is C7H17N3O. The van der Waals surface area contributed by atoms with Crippen LogP contribution in [0.4, 0.5) is 0 Å². The molecule has 0 saturated carbocycles. The maximum atomic E-state index is 10.5. The first kappa shape index (κ1) is 10.4. The van der Waals surface area contributed by atoms with E-state index in [-0.39, 0.29) is 5.91 Å². The van der Waals surface area contributed by atoms with Gasteiger partial charge in [-0.25, -0.2) is 0 Å². The molecule has 0 saturated heterocycles. The Kier molecular flexibility index (Phi) is 5.78. The van der Waals surface area contributed by atoms with Crippen LogP contribution in [0.15, 0.2) is 0 Å². The standard InChI is InChI=1S/C7H17N3O/c1-2-4-10(5-3-8)6-7(9)11/h2-6,8H2,1H3,(H2,9,11). The normalized spacial score (nSPS) is 10.5. The first-order valence-electron chi connectivity index (χ1n) is 3.91. The first-order chi connectivity index (χ1) is 5.20. The highest BCUT2D eigenvalue weighted by molar-refractivity contribution is 5.75. The highest BCUT2D eigenvalue weighted by atomic mass is 16.1. The van der Waals surface area contributed by atoms with Gasteiger partial charge >= 0.3 is 0 Å². The van der Waals surface area contributed by atoms with Crippen LogP contribution < -0.4 is 11.5 Å². The molecule has 0 fully saturated rings. The van der Waals surface area contributed by atoms with Gasteiger partial charge in [-0.2, -0.15) is 0 Å². The van der Waals surface area contributed by atoms with E-state index in [0.717, 1.165) is 19.5 Å². The molecule has 0 aliphatic heterocycles. The van der Waals surface area contributed by atoms with Crippen molar-refractivity contribution in [3.63, 3.8) is 0 Å². The summed E-state index contributed by atoms with van der Waals surface area (Å²) in [7, 11) is 0. The summed E-state index contributed by atoms with van der Waals surface area (Å²) in [6, 6.07) is 0. The van der Waals surface area contributed by atoms with Gasteiger partial charge in [0.25, 0.3) is 0 Å². The number of carbonyl (C=O) groups is 1. The molecule has 11 heavy (non-hydrogen) atoms. The van der Waals surface area contributed by atoms with Crippen molar-refractivity contribution in [2.75, 3.05) is 26.2 Å². The molecule has 0 heterocycles. The van der Waals surface area contributed by atoms with E-state index in [1.54, 1.807) is 0 Å². The summed E-state index contributed by atoms with van der Waals surface area (Å²) in [6.45, 7) is 4.60. The molecule has 0 radical (unpaired) electrons. The lowest BCUT2D eigenvalue weighted by Crippen LogP contribution is -2.37. The maximum absolute atomic E-state index is 10.5. The van der Waals surface area contributed by atoms with Gasteiger partial charge in [-0.1, -0.05) is 6.92 Å². The average molecular weight is 159 g/mol. The van der Waals surface area contributed by atoms with Crippen molar-refractivity contribution in [2.45, 2.75) is 13.3 Å². The Morgan fingerprint density at radius 2 is 2.09 bits per heavy atom. The number of rotatable bonds is 6. The van der Waals surface area contributed by atoms with Gasteiger partial charge < -0.3 is 11.5 Å². The fourth-order valence-corrected chi connectivity index (χ4v) is 0.989. The molecule has 0 bridgehead atoms. The summed E-state index contributed by atoms with van der Waals surface area (Å²) in [5.74, 6) is -0.285. The zero-order chi connectivity index (χ0) is 8.69. The van der Waals surface area contributed by atoms with Crippen LogP contribution in [-0.2, 0) is 4.79 Å². The number of primary amides is 1. The average Bonchev–Trinajstić information content (AvgIpc) is 1.87. The lowest BCUT2D eigenvalue weighted by atomic mass is 10.4. The molecule has 0 aromatic carbocycles. The van der Waals surface area contributed by atoms with Crippen molar-refractivity contribution in [1.82, 2.24) is 4.90 Å². The predicted octanol–water partition coefficient (Wildman–Crippen LogP) is -0.858. The van der Waals surface area contributed by atoms with E-state index in [0.29, 0.717) is 13.1 Å². The third kappa shape index (κ3) is 5.82. The van der Waals surface area contributed by atoms with Crippen molar-refractivity contribution >= 4 is 5.91 Å². The molecule has 4 nitrogen and oxygen atoms in total. The lowest BCUT2D eigenvalue weighted by Gasteiger charge is -2.18. The number of hydrogen-bond donors (Lipinski definition) is 2. The maximum Gasteiger partial charge on any atom is 0.231 e. The smallest absolute Gasteiger partial charge is 0.231 e. The molecule has 0 unspecified atom stereocenters. The molecule has 4 N–H and O–H groups in total. The summed E-state index contributed by atoms with van der Waals surface area (Å²) in [5, 5.41) is 0. The van der Waals surface area contributed by atoms with E-state index in [1.165, 1.54) is 0 Å². The van der Waals surface area contributed by atoms with Gasteiger partial charge in [0.05, 0.1) is 6.54 Å². The SMILES string of the molecule is CCCN(CCN)CC(N)=O. The van der Waals surface area contributed by atoms with E-state index in [2.05, 4.69) is 6.92 Å². The van der Waals surface area contributed by atoms with E-state index >= 15 is 0 Å². The van der Waals surface area contributed by atoms with E-state index in [9.17, 15) is 4.79 Å². The van der Waals surface area contributed by atoms with Crippen LogP contribution in [0.1, 0.15) is 13.3 Å². The summed E-state index contributed by atoms with van der Waals surface area (Å²) in [5.41, 5.74) is 10.4. The minimum absolute atomic E-state index is 0.285. The van der Waals surface area contributed by atoms with E-state index in [1.807, 2.05) is 4.90 Å². The monoisotopic (exact) mass is 159 g/mol. The van der Waals surface area contributed by atoms with Crippen molar-refractivity contribution in [3.8, 4) is 0 Å². The third-order valence-electron chi connectivity index (χ3n) is 1.36. The second-order valence-electron chi connectivity index (χ2n) is 2.53. The first-order valence-corrected chi connectivity index (χ1v) is 3.91. The zero-order valence-electron chi connectivity index (χ0n) is 7.05. The number of carbonyl (C=O) groups excluding carboxylic acids is 1. The molecular weight excluding hydrogens is 142 g/mol. The summed E-state index contributed by atoms with van der Waals surface area (Å²) < 4.78 is 0. The molecule has 66 valence electrons. The van der Waals surface area contributed by atoms with E-state index < -0.39 is 0 Å². The fraction of sp³-hybridized carbons (Fsp3) is 0.857. The minimum atomic E-state index is -0.285. The van der Waals surface area contributed by atoms with Crippen molar-refractivity contribution in [3.05, 3.63) is 0 Å². The number of nitrogens with two attached hydrogens (primary N) is 2. The van der Waals surface area contributed by atoms with E-state index in [4.69, 9.17) is 11.5 Å². The molecule has 1 amide bonds. The number of amides is 1. The molecule has 4 heteroatoms. The van der Waals surface area contributed by atoms with Crippen LogP contribution >= 0.6 is 0 Å². The van der Waals surface area contributed by atoms with Crippen molar-refractivity contribution in [2.24, 2.45) is 11.5 Å². The van der Waals surface area contributed by atoms with Crippen molar-refractivity contribution in [1.29, 1.82) is 0 Å². The predicted molar refractivity (Wildman–Crippen MR) is 45.0 cm³/mol. The van der Waals surface area contributed by atoms with Crippen LogP contribution in [0.25, 0.3) is 0 Å². The number of hydrogen-bond acceptors (Lipinski definition) is 3. The van der Waals surface area contributed by atoms with Crippen LogP contribution in [0, 0.1) is 0 Å². The summed E-state index contributed by atoms with van der Waals surface area (Å²) in [4.78, 5) is 12.5. The summed E-state index contributed by atoms with van der Waals surface area (Å²) in [6.07, 6.45) is 1.02. The molecule has 0 aliphatic rings.